The number of aliphatic hydroxyl groups excluding tert-OH is 3. The van der Waals surface area contributed by atoms with E-state index in [-0.39, 0.29) is 0 Å². The lowest BCUT2D eigenvalue weighted by molar-refractivity contribution is -0.0600. The summed E-state index contributed by atoms with van der Waals surface area (Å²) >= 11 is 0. The van der Waals surface area contributed by atoms with E-state index in [4.69, 9.17) is 9.84 Å². The molecule has 0 radical (unpaired) electrons. The zero-order chi connectivity index (χ0) is 13.4. The van der Waals surface area contributed by atoms with Crippen LogP contribution in [0.25, 0.3) is 0 Å². The van der Waals surface area contributed by atoms with Gasteiger partial charge in [0.1, 0.15) is 18.3 Å². The topological polar surface area (TPSA) is 125 Å². The summed E-state index contributed by atoms with van der Waals surface area (Å²) in [5, 5.41) is 28.0. The largest absolute Gasteiger partial charge is 0.394 e. The van der Waals surface area contributed by atoms with Gasteiger partial charge in [-0.3, -0.25) is 9.78 Å². The van der Waals surface area contributed by atoms with E-state index in [9.17, 15) is 24.2 Å². The summed E-state index contributed by atoms with van der Waals surface area (Å²) in [6.45, 7) is -0.603. The van der Waals surface area contributed by atoms with Crippen molar-refractivity contribution in [3.05, 3.63) is 32.9 Å². The molecule has 4 atom stereocenters. The third-order valence-electron chi connectivity index (χ3n) is 2.70. The first-order chi connectivity index (χ1) is 8.45. The minimum atomic E-state index is -1.60. The molecule has 9 heteroatoms. The zero-order valence-corrected chi connectivity index (χ0v) is 8.99. The van der Waals surface area contributed by atoms with Gasteiger partial charge in [0.15, 0.2) is 6.23 Å². The Morgan fingerprint density at radius 3 is 2.56 bits per heavy atom. The second kappa shape index (κ2) is 4.61. The molecule has 1 saturated heterocycles. The van der Waals surface area contributed by atoms with Crippen molar-refractivity contribution in [3.63, 3.8) is 0 Å². The van der Waals surface area contributed by atoms with Crippen LogP contribution in [-0.2, 0) is 4.74 Å². The van der Waals surface area contributed by atoms with Crippen LogP contribution >= 0.6 is 0 Å². The molecule has 0 aliphatic carbocycles. The van der Waals surface area contributed by atoms with E-state index >= 15 is 0 Å². The van der Waals surface area contributed by atoms with E-state index < -0.39 is 48.3 Å². The highest BCUT2D eigenvalue weighted by Crippen LogP contribution is 2.28. The van der Waals surface area contributed by atoms with E-state index in [1.165, 1.54) is 0 Å². The fourth-order valence-corrected chi connectivity index (χ4v) is 1.81. The molecule has 8 nitrogen and oxygen atoms in total. The molecule has 2 rings (SSSR count). The summed E-state index contributed by atoms with van der Waals surface area (Å²) < 4.78 is 18.8. The first-order valence-electron chi connectivity index (χ1n) is 5.09. The van der Waals surface area contributed by atoms with Crippen molar-refractivity contribution < 1.29 is 24.4 Å². The second-order valence-corrected chi connectivity index (χ2v) is 3.86. The number of rotatable bonds is 2. The van der Waals surface area contributed by atoms with Gasteiger partial charge in [0.25, 0.3) is 5.56 Å². The highest BCUT2D eigenvalue weighted by Gasteiger charge is 2.44. The minimum Gasteiger partial charge on any atom is -0.394 e. The van der Waals surface area contributed by atoms with Gasteiger partial charge in [-0.1, -0.05) is 0 Å². The molecule has 4 N–H and O–H groups in total. The lowest BCUT2D eigenvalue weighted by Gasteiger charge is -2.17. The van der Waals surface area contributed by atoms with Crippen molar-refractivity contribution in [3.8, 4) is 0 Å². The number of aromatic amines is 1. The SMILES string of the molecule is O=c1cc(F)n([C@@H]2O[C@H](CO)[C@@H](O)[C@H]2O)c(=O)[nH]1. The van der Waals surface area contributed by atoms with Crippen LogP contribution in [0.5, 0.6) is 0 Å². The third-order valence-corrected chi connectivity index (χ3v) is 2.70. The molecule has 1 aliphatic rings. The summed E-state index contributed by atoms with van der Waals surface area (Å²) in [4.78, 5) is 24.1. The smallest absolute Gasteiger partial charge is 0.332 e. The fourth-order valence-electron chi connectivity index (χ4n) is 1.81. The Balaban J connectivity index is 2.45. The van der Waals surface area contributed by atoms with Gasteiger partial charge in [-0.25, -0.2) is 9.36 Å². The highest BCUT2D eigenvalue weighted by molar-refractivity contribution is 4.94. The summed E-state index contributed by atoms with van der Waals surface area (Å²) in [6, 6.07) is 0.510. The van der Waals surface area contributed by atoms with Gasteiger partial charge in [0.05, 0.1) is 12.7 Å². The number of H-pyrrole nitrogens is 1. The molecular formula is C9H11FN2O6. The summed E-state index contributed by atoms with van der Waals surface area (Å²) in [5.41, 5.74) is -2.05. The molecule has 0 saturated carbocycles. The highest BCUT2D eigenvalue weighted by atomic mass is 19.1. The van der Waals surface area contributed by atoms with E-state index in [1.54, 1.807) is 4.98 Å². The molecule has 1 aliphatic heterocycles. The summed E-state index contributed by atoms with van der Waals surface area (Å²) in [5.74, 6) is -1.21. The predicted molar refractivity (Wildman–Crippen MR) is 54.3 cm³/mol. The maximum atomic E-state index is 13.5. The van der Waals surface area contributed by atoms with Gasteiger partial charge in [-0.15, -0.1) is 0 Å². The van der Waals surface area contributed by atoms with Crippen LogP contribution in [-0.4, -0.2) is 49.8 Å². The van der Waals surface area contributed by atoms with E-state index in [0.29, 0.717) is 10.6 Å². The maximum Gasteiger partial charge on any atom is 0.332 e. The molecule has 100 valence electrons. The second-order valence-electron chi connectivity index (χ2n) is 3.86. The van der Waals surface area contributed by atoms with Crippen LogP contribution in [0.3, 0.4) is 0 Å². The molecule has 1 aromatic heterocycles. The minimum absolute atomic E-state index is 0.366. The van der Waals surface area contributed by atoms with Crippen LogP contribution in [0.1, 0.15) is 6.23 Å². The van der Waals surface area contributed by atoms with Crippen molar-refractivity contribution in [2.45, 2.75) is 24.5 Å². The number of aliphatic hydroxyl groups is 3. The van der Waals surface area contributed by atoms with Crippen LogP contribution in [0, 0.1) is 5.95 Å². The molecule has 2 heterocycles. The van der Waals surface area contributed by atoms with Gasteiger partial charge in [0.2, 0.25) is 5.95 Å². The number of hydrogen-bond donors (Lipinski definition) is 4. The molecule has 0 bridgehead atoms. The molecule has 0 spiro atoms. The Labute approximate surface area is 98.9 Å². The van der Waals surface area contributed by atoms with Crippen LogP contribution in [0.15, 0.2) is 15.7 Å². The molecule has 1 aromatic rings. The molecule has 0 amide bonds. The normalized spacial score (nSPS) is 31.8. The predicted octanol–water partition coefficient (Wildman–Crippen LogP) is -2.71. The number of ether oxygens (including phenoxy) is 1. The Hall–Kier alpha value is -1.55. The van der Waals surface area contributed by atoms with Crippen molar-refractivity contribution >= 4 is 0 Å². The molecular weight excluding hydrogens is 251 g/mol. The number of halogens is 1. The molecule has 18 heavy (non-hydrogen) atoms. The van der Waals surface area contributed by atoms with Crippen LogP contribution < -0.4 is 11.2 Å². The van der Waals surface area contributed by atoms with Gasteiger partial charge >= 0.3 is 5.69 Å². The Kier molecular flexibility index (Phi) is 3.30. The molecule has 0 aromatic carbocycles. The van der Waals surface area contributed by atoms with Gasteiger partial charge < -0.3 is 20.1 Å². The van der Waals surface area contributed by atoms with E-state index in [2.05, 4.69) is 0 Å². The van der Waals surface area contributed by atoms with Gasteiger partial charge in [-0.2, -0.15) is 4.39 Å². The van der Waals surface area contributed by atoms with E-state index in [0.717, 1.165) is 0 Å². The van der Waals surface area contributed by atoms with Gasteiger partial charge in [-0.05, 0) is 0 Å². The Bertz CT molecular complexity index is 555. The quantitative estimate of drug-likeness (QED) is 0.429. The van der Waals surface area contributed by atoms with Gasteiger partial charge in [0, 0.05) is 0 Å². The monoisotopic (exact) mass is 262 g/mol. The first kappa shape index (κ1) is 12.9. The first-order valence-corrected chi connectivity index (χ1v) is 5.09. The standard InChI is InChI=1S/C9H11FN2O6/c10-4-1-5(14)11-9(17)12(4)8-7(16)6(15)3(2-13)18-8/h1,3,6-8,13,15-16H,2H2,(H,11,14,17)/t3-,6-,7-,8-/m1/s1. The molecule has 0 unspecified atom stereocenters. The number of nitrogens with zero attached hydrogens (tertiary/aromatic N) is 1. The fraction of sp³-hybridized carbons (Fsp3) is 0.556. The number of aromatic nitrogens is 2. The average Bonchev–Trinajstić information content (AvgIpc) is 2.56. The van der Waals surface area contributed by atoms with Crippen LogP contribution in [0.4, 0.5) is 4.39 Å². The lowest BCUT2D eigenvalue weighted by Crippen LogP contribution is -2.39. The zero-order valence-electron chi connectivity index (χ0n) is 8.99. The Morgan fingerprint density at radius 2 is 2.06 bits per heavy atom. The van der Waals surface area contributed by atoms with Crippen molar-refractivity contribution in [2.75, 3.05) is 6.61 Å². The van der Waals surface area contributed by atoms with Crippen molar-refractivity contribution in [2.24, 2.45) is 0 Å². The molecule has 1 fully saturated rings. The summed E-state index contributed by atoms with van der Waals surface area (Å²) in [6.07, 6.45) is -5.71. The van der Waals surface area contributed by atoms with Crippen LogP contribution in [0.2, 0.25) is 0 Å². The van der Waals surface area contributed by atoms with Crippen molar-refractivity contribution in [1.82, 2.24) is 9.55 Å². The summed E-state index contributed by atoms with van der Waals surface area (Å²) in [7, 11) is 0. The van der Waals surface area contributed by atoms with E-state index in [1.807, 2.05) is 0 Å². The number of nitrogens with one attached hydrogen (secondary N) is 1. The lowest BCUT2D eigenvalue weighted by atomic mass is 10.1. The number of hydrogen-bond acceptors (Lipinski definition) is 6. The average molecular weight is 262 g/mol. The third kappa shape index (κ3) is 1.97. The van der Waals surface area contributed by atoms with Crippen molar-refractivity contribution in [1.29, 1.82) is 0 Å². The maximum absolute atomic E-state index is 13.5. The Morgan fingerprint density at radius 1 is 1.39 bits per heavy atom.